The van der Waals surface area contributed by atoms with Gasteiger partial charge in [0.2, 0.25) is 0 Å². The standard InChI is InChI=1S/C20H24N2O6/c1-13(2)16-7-6-14(3)9-17(16)27-12-19(24)28-11-18(23)22-20(25)21-10-15-5-4-8-26-15/h4-9,13H,10-12H2,1-3H3,(H2,21,22,23,25). The van der Waals surface area contributed by atoms with Crippen LogP contribution >= 0.6 is 0 Å². The zero-order valence-corrected chi connectivity index (χ0v) is 16.1. The molecule has 150 valence electrons. The van der Waals surface area contributed by atoms with Crippen molar-refractivity contribution < 1.29 is 28.3 Å². The summed E-state index contributed by atoms with van der Waals surface area (Å²) < 4.78 is 15.4. The summed E-state index contributed by atoms with van der Waals surface area (Å²) in [4.78, 5) is 35.1. The zero-order chi connectivity index (χ0) is 20.5. The molecule has 1 aromatic heterocycles. The fourth-order valence-electron chi connectivity index (χ4n) is 2.36. The van der Waals surface area contributed by atoms with Crippen LogP contribution < -0.4 is 15.4 Å². The second-order valence-electron chi connectivity index (χ2n) is 6.46. The van der Waals surface area contributed by atoms with Crippen LogP contribution in [0.3, 0.4) is 0 Å². The first-order valence-electron chi connectivity index (χ1n) is 8.84. The number of hydrogen-bond acceptors (Lipinski definition) is 6. The third kappa shape index (κ3) is 6.79. The minimum atomic E-state index is -0.747. The number of benzene rings is 1. The molecule has 8 heteroatoms. The SMILES string of the molecule is Cc1ccc(C(C)C)c(OCC(=O)OCC(=O)NC(=O)NCc2ccco2)c1. The van der Waals surface area contributed by atoms with Crippen molar-refractivity contribution in [2.24, 2.45) is 0 Å². The van der Waals surface area contributed by atoms with Gasteiger partial charge in [0.15, 0.2) is 13.2 Å². The van der Waals surface area contributed by atoms with E-state index in [2.05, 4.69) is 10.6 Å². The maximum absolute atomic E-state index is 11.8. The monoisotopic (exact) mass is 388 g/mol. The molecule has 2 N–H and O–H groups in total. The Morgan fingerprint density at radius 3 is 2.61 bits per heavy atom. The quantitative estimate of drug-likeness (QED) is 0.674. The van der Waals surface area contributed by atoms with Crippen molar-refractivity contribution in [3.63, 3.8) is 0 Å². The third-order valence-corrected chi connectivity index (χ3v) is 3.76. The van der Waals surface area contributed by atoms with Crippen LogP contribution in [0.25, 0.3) is 0 Å². The van der Waals surface area contributed by atoms with E-state index in [1.807, 2.05) is 39.0 Å². The maximum atomic E-state index is 11.8. The molecule has 0 aliphatic carbocycles. The Morgan fingerprint density at radius 1 is 1.14 bits per heavy atom. The minimum absolute atomic E-state index is 0.133. The van der Waals surface area contributed by atoms with Crippen molar-refractivity contribution in [2.75, 3.05) is 13.2 Å². The summed E-state index contributed by atoms with van der Waals surface area (Å²) in [7, 11) is 0. The average Bonchev–Trinajstić information content (AvgIpc) is 3.16. The first kappa shape index (κ1) is 21.0. The number of aryl methyl sites for hydroxylation is 1. The van der Waals surface area contributed by atoms with Gasteiger partial charge in [0, 0.05) is 0 Å². The molecule has 3 amide bonds. The number of urea groups is 1. The number of hydrogen-bond donors (Lipinski definition) is 2. The van der Waals surface area contributed by atoms with E-state index in [0.29, 0.717) is 11.5 Å². The largest absolute Gasteiger partial charge is 0.482 e. The molecule has 2 rings (SSSR count). The van der Waals surface area contributed by atoms with Gasteiger partial charge in [0.05, 0.1) is 12.8 Å². The minimum Gasteiger partial charge on any atom is -0.482 e. The molecular weight excluding hydrogens is 364 g/mol. The molecule has 0 atom stereocenters. The Morgan fingerprint density at radius 2 is 1.93 bits per heavy atom. The van der Waals surface area contributed by atoms with Crippen molar-refractivity contribution in [3.05, 3.63) is 53.5 Å². The van der Waals surface area contributed by atoms with E-state index in [9.17, 15) is 14.4 Å². The number of ether oxygens (including phenoxy) is 2. The van der Waals surface area contributed by atoms with Crippen molar-refractivity contribution in [1.29, 1.82) is 0 Å². The lowest BCUT2D eigenvalue weighted by molar-refractivity contribution is -0.150. The molecule has 0 spiro atoms. The zero-order valence-electron chi connectivity index (χ0n) is 16.1. The van der Waals surface area contributed by atoms with E-state index in [-0.39, 0.29) is 19.1 Å². The highest BCUT2D eigenvalue weighted by Crippen LogP contribution is 2.27. The molecule has 0 aliphatic rings. The molecule has 2 aromatic rings. The summed E-state index contributed by atoms with van der Waals surface area (Å²) in [5, 5.41) is 4.50. The summed E-state index contributed by atoms with van der Waals surface area (Å²) in [6.07, 6.45) is 1.47. The molecule has 0 bridgehead atoms. The van der Waals surface area contributed by atoms with Crippen LogP contribution in [-0.4, -0.2) is 31.1 Å². The molecule has 1 heterocycles. The van der Waals surface area contributed by atoms with Gasteiger partial charge in [0.1, 0.15) is 11.5 Å². The van der Waals surface area contributed by atoms with Gasteiger partial charge < -0.3 is 19.2 Å². The van der Waals surface area contributed by atoms with Crippen molar-refractivity contribution >= 4 is 17.9 Å². The molecule has 0 radical (unpaired) electrons. The lowest BCUT2D eigenvalue weighted by Gasteiger charge is -2.14. The van der Waals surface area contributed by atoms with E-state index in [4.69, 9.17) is 13.9 Å². The van der Waals surface area contributed by atoms with E-state index in [1.54, 1.807) is 12.1 Å². The lowest BCUT2D eigenvalue weighted by atomic mass is 10.0. The highest BCUT2D eigenvalue weighted by atomic mass is 16.6. The number of carbonyl (C=O) groups excluding carboxylic acids is 3. The van der Waals surface area contributed by atoms with Crippen LogP contribution in [0.2, 0.25) is 0 Å². The molecule has 1 aromatic carbocycles. The van der Waals surface area contributed by atoms with Crippen molar-refractivity contribution in [1.82, 2.24) is 10.6 Å². The van der Waals surface area contributed by atoms with Crippen LogP contribution in [0, 0.1) is 6.92 Å². The van der Waals surface area contributed by atoms with Gasteiger partial charge in [-0.2, -0.15) is 0 Å². The summed E-state index contributed by atoms with van der Waals surface area (Å²) in [5.74, 6) is -0.0695. The number of imide groups is 1. The smallest absolute Gasteiger partial charge is 0.344 e. The van der Waals surface area contributed by atoms with Crippen LogP contribution in [0.4, 0.5) is 4.79 Å². The highest BCUT2D eigenvalue weighted by Gasteiger charge is 2.14. The van der Waals surface area contributed by atoms with Gasteiger partial charge in [-0.05, 0) is 42.2 Å². The molecule has 0 aliphatic heterocycles. The number of nitrogens with one attached hydrogen (secondary N) is 2. The topological polar surface area (TPSA) is 107 Å². The fourth-order valence-corrected chi connectivity index (χ4v) is 2.36. The van der Waals surface area contributed by atoms with Crippen LogP contribution in [-0.2, 0) is 20.9 Å². The van der Waals surface area contributed by atoms with Gasteiger partial charge in [-0.25, -0.2) is 9.59 Å². The fraction of sp³-hybridized carbons (Fsp3) is 0.350. The van der Waals surface area contributed by atoms with Gasteiger partial charge in [-0.1, -0.05) is 26.0 Å². The second-order valence-corrected chi connectivity index (χ2v) is 6.46. The Hall–Kier alpha value is -3.29. The number of furan rings is 1. The first-order valence-corrected chi connectivity index (χ1v) is 8.84. The van der Waals surface area contributed by atoms with Crippen LogP contribution in [0.5, 0.6) is 5.75 Å². The van der Waals surface area contributed by atoms with Gasteiger partial charge >= 0.3 is 12.0 Å². The van der Waals surface area contributed by atoms with Gasteiger partial charge in [-0.3, -0.25) is 10.1 Å². The molecule has 0 saturated carbocycles. The van der Waals surface area contributed by atoms with Crippen LogP contribution in [0.15, 0.2) is 41.0 Å². The number of rotatable bonds is 8. The summed E-state index contributed by atoms with van der Waals surface area (Å²) in [6.45, 7) is 5.20. The average molecular weight is 388 g/mol. The normalized spacial score (nSPS) is 10.4. The van der Waals surface area contributed by atoms with E-state index in [1.165, 1.54) is 6.26 Å². The van der Waals surface area contributed by atoms with Crippen LogP contribution in [0.1, 0.15) is 36.7 Å². The maximum Gasteiger partial charge on any atom is 0.344 e. The number of amides is 3. The van der Waals surface area contributed by atoms with Crippen molar-refractivity contribution in [2.45, 2.75) is 33.2 Å². The summed E-state index contributed by atoms with van der Waals surface area (Å²) >= 11 is 0. The van der Waals surface area contributed by atoms with E-state index < -0.39 is 24.5 Å². The highest BCUT2D eigenvalue weighted by molar-refractivity contribution is 5.95. The Kier molecular flexibility index (Phi) is 7.62. The Balaban J connectivity index is 1.71. The van der Waals surface area contributed by atoms with Crippen molar-refractivity contribution in [3.8, 4) is 5.75 Å². The second kappa shape index (κ2) is 10.1. The molecule has 0 saturated heterocycles. The Labute approximate surface area is 163 Å². The summed E-state index contributed by atoms with van der Waals surface area (Å²) in [6, 6.07) is 8.43. The van der Waals surface area contributed by atoms with E-state index >= 15 is 0 Å². The molecule has 0 unspecified atom stereocenters. The molecular formula is C20H24N2O6. The molecule has 28 heavy (non-hydrogen) atoms. The Bertz CT molecular complexity index is 814. The predicted octanol–water partition coefficient (Wildman–Crippen LogP) is 2.66. The molecule has 8 nitrogen and oxygen atoms in total. The van der Waals surface area contributed by atoms with Gasteiger partial charge in [0.25, 0.3) is 5.91 Å². The predicted molar refractivity (Wildman–Crippen MR) is 101 cm³/mol. The number of carbonyl (C=O) groups is 3. The molecule has 0 fully saturated rings. The summed E-state index contributed by atoms with van der Waals surface area (Å²) in [5.41, 5.74) is 1.98. The lowest BCUT2D eigenvalue weighted by Crippen LogP contribution is -2.41. The third-order valence-electron chi connectivity index (χ3n) is 3.76. The first-order chi connectivity index (χ1) is 13.3. The van der Waals surface area contributed by atoms with Gasteiger partial charge in [-0.15, -0.1) is 0 Å². The van der Waals surface area contributed by atoms with E-state index in [0.717, 1.165) is 11.1 Å². The number of esters is 1.